The van der Waals surface area contributed by atoms with Crippen LogP contribution in [0.25, 0.3) is 0 Å². The molecule has 0 aliphatic rings. The molecule has 0 rings (SSSR count). The first-order chi connectivity index (χ1) is 32.0. The van der Waals surface area contributed by atoms with E-state index in [4.69, 9.17) is 14.2 Å². The zero-order valence-corrected chi connectivity index (χ0v) is 42.0. The van der Waals surface area contributed by atoms with Gasteiger partial charge in [-0.25, -0.2) is 0 Å². The molecule has 0 saturated carbocycles. The monoisotopic (exact) mass is 901 g/mol. The van der Waals surface area contributed by atoms with E-state index in [-0.39, 0.29) is 37.5 Å². The van der Waals surface area contributed by atoms with Gasteiger partial charge in [-0.2, -0.15) is 0 Å². The highest BCUT2D eigenvalue weighted by Crippen LogP contribution is 2.13. The van der Waals surface area contributed by atoms with Crippen molar-refractivity contribution in [1.29, 1.82) is 0 Å². The zero-order valence-electron chi connectivity index (χ0n) is 42.0. The number of rotatable bonds is 46. The largest absolute Gasteiger partial charge is 0.462 e. The minimum atomic E-state index is -0.821. The van der Waals surface area contributed by atoms with Crippen molar-refractivity contribution in [3.05, 3.63) is 109 Å². The van der Waals surface area contributed by atoms with Crippen LogP contribution in [0.1, 0.15) is 226 Å². The summed E-state index contributed by atoms with van der Waals surface area (Å²) >= 11 is 0. The summed E-state index contributed by atoms with van der Waals surface area (Å²) < 4.78 is 16.7. The number of esters is 3. The molecule has 6 heteroatoms. The summed E-state index contributed by atoms with van der Waals surface area (Å²) in [6.45, 7) is 6.38. The van der Waals surface area contributed by atoms with Crippen molar-refractivity contribution in [3.63, 3.8) is 0 Å². The number of hydrogen-bond acceptors (Lipinski definition) is 6. The predicted octanol–water partition coefficient (Wildman–Crippen LogP) is 17.5. The Morgan fingerprint density at radius 1 is 0.323 bits per heavy atom. The molecule has 0 aliphatic carbocycles. The van der Waals surface area contributed by atoms with Crippen molar-refractivity contribution in [3.8, 4) is 0 Å². The maximum atomic E-state index is 12.8. The lowest BCUT2D eigenvalue weighted by Crippen LogP contribution is -2.30. The topological polar surface area (TPSA) is 78.9 Å². The van der Waals surface area contributed by atoms with Gasteiger partial charge in [-0.3, -0.25) is 14.4 Å². The fraction of sp³-hybridized carbons (Fsp3) is 0.644. The Kier molecular flexibility index (Phi) is 49.5. The average molecular weight is 901 g/mol. The van der Waals surface area contributed by atoms with Gasteiger partial charge in [-0.1, -0.05) is 233 Å². The fourth-order valence-electron chi connectivity index (χ4n) is 6.94. The highest BCUT2D eigenvalue weighted by molar-refractivity contribution is 5.71. The van der Waals surface area contributed by atoms with Crippen molar-refractivity contribution in [1.82, 2.24) is 0 Å². The molecular weight excluding hydrogens is 805 g/mol. The fourth-order valence-corrected chi connectivity index (χ4v) is 6.94. The van der Waals surface area contributed by atoms with Crippen molar-refractivity contribution in [2.45, 2.75) is 232 Å². The second-order valence-corrected chi connectivity index (χ2v) is 17.2. The normalized spacial score (nSPS) is 13.0. The summed E-state index contributed by atoms with van der Waals surface area (Å²) in [5.74, 6) is -1.02. The van der Waals surface area contributed by atoms with Crippen LogP contribution < -0.4 is 0 Å². The number of carbonyl (C=O) groups is 3. The Morgan fingerprint density at radius 3 is 1.05 bits per heavy atom. The highest BCUT2D eigenvalue weighted by atomic mass is 16.6. The third-order valence-corrected chi connectivity index (χ3v) is 10.9. The SMILES string of the molecule is CC/C=C/C=C/C=C/C=C/C=C/CCCC(=O)OCC(COC(=O)CCCCCCC/C=C/C=C/C=C/CCCCCCC)OC(=O)CCCCCCC/C=C/CCCCCCCCC. The molecule has 0 spiro atoms. The zero-order chi connectivity index (χ0) is 47.2. The summed E-state index contributed by atoms with van der Waals surface area (Å²) in [6, 6.07) is 0. The molecule has 0 N–H and O–H groups in total. The molecule has 0 aromatic rings. The van der Waals surface area contributed by atoms with E-state index >= 15 is 0 Å². The van der Waals surface area contributed by atoms with Crippen LogP contribution in [0.5, 0.6) is 0 Å². The summed E-state index contributed by atoms with van der Waals surface area (Å²) in [6.07, 6.45) is 70.8. The molecule has 0 aromatic carbocycles. The van der Waals surface area contributed by atoms with Crippen molar-refractivity contribution in [2.24, 2.45) is 0 Å². The van der Waals surface area contributed by atoms with Gasteiger partial charge in [0.15, 0.2) is 6.10 Å². The number of unbranched alkanes of at least 4 members (excludes halogenated alkanes) is 23. The molecule has 0 fully saturated rings. The minimum absolute atomic E-state index is 0.116. The predicted molar refractivity (Wildman–Crippen MR) is 279 cm³/mol. The average Bonchev–Trinajstić information content (AvgIpc) is 3.30. The van der Waals surface area contributed by atoms with Gasteiger partial charge in [0.2, 0.25) is 0 Å². The Hall–Kier alpha value is -3.93. The van der Waals surface area contributed by atoms with Gasteiger partial charge < -0.3 is 14.2 Å². The van der Waals surface area contributed by atoms with E-state index in [0.717, 1.165) is 89.9 Å². The van der Waals surface area contributed by atoms with Gasteiger partial charge in [0.1, 0.15) is 13.2 Å². The van der Waals surface area contributed by atoms with Gasteiger partial charge in [-0.05, 0) is 83.5 Å². The Balaban J connectivity index is 4.53. The van der Waals surface area contributed by atoms with E-state index in [0.29, 0.717) is 19.3 Å². The van der Waals surface area contributed by atoms with E-state index in [2.05, 4.69) is 75.5 Å². The Morgan fingerprint density at radius 2 is 0.631 bits per heavy atom. The number of allylic oxidation sites excluding steroid dienone is 18. The van der Waals surface area contributed by atoms with E-state index in [1.165, 1.54) is 89.9 Å². The van der Waals surface area contributed by atoms with Gasteiger partial charge in [0.25, 0.3) is 0 Å². The first-order valence-electron chi connectivity index (χ1n) is 26.5. The number of hydrogen-bond donors (Lipinski definition) is 0. The van der Waals surface area contributed by atoms with Crippen LogP contribution in [0, 0.1) is 0 Å². The van der Waals surface area contributed by atoms with Crippen LogP contribution in [0.3, 0.4) is 0 Å². The Bertz CT molecular complexity index is 1360. The first kappa shape index (κ1) is 61.1. The molecule has 1 unspecified atom stereocenters. The lowest BCUT2D eigenvalue weighted by atomic mass is 10.1. The summed E-state index contributed by atoms with van der Waals surface area (Å²) in [5.41, 5.74) is 0. The maximum Gasteiger partial charge on any atom is 0.306 e. The molecule has 0 aliphatic heterocycles. The Labute approximate surface area is 400 Å². The van der Waals surface area contributed by atoms with Crippen LogP contribution in [-0.2, 0) is 28.6 Å². The molecule has 0 amide bonds. The molecule has 368 valence electrons. The second-order valence-electron chi connectivity index (χ2n) is 17.2. The van der Waals surface area contributed by atoms with Gasteiger partial charge >= 0.3 is 17.9 Å². The van der Waals surface area contributed by atoms with Crippen molar-refractivity contribution < 1.29 is 28.6 Å². The molecule has 0 bridgehead atoms. The molecule has 0 heterocycles. The van der Waals surface area contributed by atoms with Gasteiger partial charge in [0, 0.05) is 19.3 Å². The van der Waals surface area contributed by atoms with E-state index < -0.39 is 6.10 Å². The van der Waals surface area contributed by atoms with Gasteiger partial charge in [-0.15, -0.1) is 0 Å². The summed E-state index contributed by atoms with van der Waals surface area (Å²) in [5, 5.41) is 0. The standard InChI is InChI=1S/C59H96O6/c1-4-7-10-13-16-19-22-25-27-29-30-32-34-37-40-43-46-49-52-58(61)64-55-56(54-63-57(60)51-48-45-42-39-36-33-24-21-18-15-12-9-6-3)65-59(62)53-50-47-44-41-38-35-31-28-26-23-20-17-14-11-8-5-2/h9,12,15,18,21-22,24-25,27-33,36,39,42,56H,4-8,10-11,13-14,16-17,19-20,23,26,34-35,37-38,40-41,43-55H2,1-3H3/b12-9+,18-15+,24-21+,25-22+,29-27+,31-28+,32-30+,36-33+,42-39+. The molecular formula is C59H96O6. The number of ether oxygens (including phenoxy) is 3. The van der Waals surface area contributed by atoms with Crippen molar-refractivity contribution >= 4 is 17.9 Å². The van der Waals surface area contributed by atoms with Gasteiger partial charge in [0.05, 0.1) is 0 Å². The van der Waals surface area contributed by atoms with Crippen LogP contribution in [0.15, 0.2) is 109 Å². The maximum absolute atomic E-state index is 12.8. The molecule has 0 aromatic heterocycles. The quantitative estimate of drug-likeness (QED) is 0.0199. The third kappa shape index (κ3) is 50.9. The van der Waals surface area contributed by atoms with Crippen molar-refractivity contribution in [2.75, 3.05) is 13.2 Å². The third-order valence-electron chi connectivity index (χ3n) is 10.9. The van der Waals surface area contributed by atoms with E-state index in [1.54, 1.807) is 0 Å². The lowest BCUT2D eigenvalue weighted by molar-refractivity contribution is -0.167. The molecule has 65 heavy (non-hydrogen) atoms. The summed E-state index contributed by atoms with van der Waals surface area (Å²) in [4.78, 5) is 38.0. The lowest BCUT2D eigenvalue weighted by Gasteiger charge is -2.18. The molecule has 1 atom stereocenters. The van der Waals surface area contributed by atoms with E-state index in [9.17, 15) is 14.4 Å². The highest BCUT2D eigenvalue weighted by Gasteiger charge is 2.19. The number of carbonyl (C=O) groups excluding carboxylic acids is 3. The molecule has 0 radical (unpaired) electrons. The minimum Gasteiger partial charge on any atom is -0.462 e. The second kappa shape index (κ2) is 52.7. The summed E-state index contributed by atoms with van der Waals surface area (Å²) in [7, 11) is 0. The van der Waals surface area contributed by atoms with Crippen LogP contribution in [0.4, 0.5) is 0 Å². The smallest absolute Gasteiger partial charge is 0.306 e. The van der Waals surface area contributed by atoms with Crippen LogP contribution in [-0.4, -0.2) is 37.2 Å². The van der Waals surface area contributed by atoms with E-state index in [1.807, 2.05) is 54.7 Å². The first-order valence-corrected chi connectivity index (χ1v) is 26.5. The molecule has 6 nitrogen and oxygen atoms in total. The van der Waals surface area contributed by atoms with Crippen LogP contribution in [0.2, 0.25) is 0 Å². The molecule has 0 saturated heterocycles. The van der Waals surface area contributed by atoms with Crippen LogP contribution >= 0.6 is 0 Å².